The molecule has 0 bridgehead atoms. The summed E-state index contributed by atoms with van der Waals surface area (Å²) in [6.45, 7) is 0. The molecule has 6 nitrogen and oxygen atoms in total. The molecule has 0 aromatic heterocycles. The fourth-order valence-electron chi connectivity index (χ4n) is 0.353. The van der Waals surface area contributed by atoms with Crippen molar-refractivity contribution in [3.05, 3.63) is 16.6 Å². The molecule has 1 N–H and O–H groups in total. The standard InChI is InChI=1S/C5H6N4O2/c1-9(11-2)5(10)4(3-6)8-7/h1-2H3/p+1/b5-4+. The highest BCUT2D eigenvalue weighted by molar-refractivity contribution is 5.27. The van der Waals surface area contributed by atoms with Crippen LogP contribution in [0.1, 0.15) is 0 Å². The predicted molar refractivity (Wildman–Crippen MR) is 35.1 cm³/mol. The fourth-order valence-corrected chi connectivity index (χ4v) is 0.353. The van der Waals surface area contributed by atoms with Crippen molar-refractivity contribution in [1.29, 1.82) is 10.7 Å². The van der Waals surface area contributed by atoms with Gasteiger partial charge >= 0.3 is 11.6 Å². The van der Waals surface area contributed by atoms with Gasteiger partial charge < -0.3 is 5.11 Å². The summed E-state index contributed by atoms with van der Waals surface area (Å²) in [5.74, 6) is -0.544. The first kappa shape index (κ1) is 9.21. The molecule has 0 unspecified atom stereocenters. The maximum Gasteiger partial charge on any atom is 0.522 e. The van der Waals surface area contributed by atoms with Crippen LogP contribution >= 0.6 is 0 Å². The van der Waals surface area contributed by atoms with Crippen molar-refractivity contribution in [2.24, 2.45) is 0 Å². The lowest BCUT2D eigenvalue weighted by Crippen LogP contribution is -2.16. The Labute approximate surface area is 63.5 Å². The largest absolute Gasteiger partial charge is 0.522 e. The van der Waals surface area contributed by atoms with Gasteiger partial charge in [0.05, 0.1) is 7.11 Å². The number of hydroxylamine groups is 2. The molecule has 58 valence electrons. The normalized spacial score (nSPS) is 10.9. The van der Waals surface area contributed by atoms with E-state index in [0.29, 0.717) is 0 Å². The molecule has 0 atom stereocenters. The van der Waals surface area contributed by atoms with E-state index in [2.05, 4.69) is 9.81 Å². The molecule has 6 heteroatoms. The Kier molecular flexibility index (Phi) is 3.43. The number of diazo groups is 1. The summed E-state index contributed by atoms with van der Waals surface area (Å²) >= 11 is 0. The van der Waals surface area contributed by atoms with Crippen molar-refractivity contribution >= 4 is 0 Å². The monoisotopic (exact) mass is 155 g/mol. The number of aliphatic hydroxyl groups excluding tert-OH is 1. The third kappa shape index (κ3) is 2.12. The Balaban J connectivity index is 4.68. The van der Waals surface area contributed by atoms with Crippen LogP contribution in [0.2, 0.25) is 0 Å². The molecular formula is C5H7N4O2+. The Hall–Kier alpha value is -1.79. The molecule has 0 radical (unpaired) electrons. The van der Waals surface area contributed by atoms with Crippen LogP contribution in [-0.4, -0.2) is 24.3 Å². The number of nitrogens with zero attached hydrogens (tertiary/aromatic N) is 4. The van der Waals surface area contributed by atoms with Gasteiger partial charge in [0.25, 0.3) is 0 Å². The average molecular weight is 155 g/mol. The van der Waals surface area contributed by atoms with E-state index >= 15 is 0 Å². The van der Waals surface area contributed by atoms with E-state index in [9.17, 15) is 0 Å². The van der Waals surface area contributed by atoms with Crippen molar-refractivity contribution in [2.45, 2.75) is 0 Å². The summed E-state index contributed by atoms with van der Waals surface area (Å²) < 4.78 is 0. The van der Waals surface area contributed by atoms with Crippen molar-refractivity contribution < 1.29 is 9.94 Å². The second-order valence-corrected chi connectivity index (χ2v) is 1.56. The Bertz CT molecular complexity index is 230. The molecule has 0 amide bonds. The van der Waals surface area contributed by atoms with Crippen LogP contribution in [0.5, 0.6) is 0 Å². The van der Waals surface area contributed by atoms with E-state index in [1.807, 2.05) is 0 Å². The lowest BCUT2D eigenvalue weighted by molar-refractivity contribution is -0.110. The minimum atomic E-state index is -0.544. The Morgan fingerprint density at radius 2 is 2.27 bits per heavy atom. The number of allylic oxidation sites excluding steroid dienone is 1. The highest BCUT2D eigenvalue weighted by atomic mass is 16.7. The van der Waals surface area contributed by atoms with E-state index < -0.39 is 11.6 Å². The third-order valence-corrected chi connectivity index (χ3v) is 0.990. The van der Waals surface area contributed by atoms with Gasteiger partial charge in [-0.05, 0) is 0 Å². The summed E-state index contributed by atoms with van der Waals surface area (Å²) in [5, 5.41) is 26.2. The van der Waals surface area contributed by atoms with Crippen LogP contribution in [0.3, 0.4) is 0 Å². The first-order valence-corrected chi connectivity index (χ1v) is 2.63. The van der Waals surface area contributed by atoms with Gasteiger partial charge in [-0.2, -0.15) is 5.26 Å². The molecule has 0 aliphatic heterocycles. The van der Waals surface area contributed by atoms with Crippen LogP contribution in [-0.2, 0) is 4.84 Å². The van der Waals surface area contributed by atoms with E-state index in [0.717, 1.165) is 5.06 Å². The molecule has 0 aromatic rings. The minimum Gasteiger partial charge on any atom is -0.487 e. The lowest BCUT2D eigenvalue weighted by atomic mass is 10.5. The van der Waals surface area contributed by atoms with Crippen LogP contribution < -0.4 is 0 Å². The second kappa shape index (κ2) is 4.09. The zero-order chi connectivity index (χ0) is 8.85. The minimum absolute atomic E-state index is 0.505. The number of hydrogen-bond acceptors (Lipinski definition) is 5. The molecule has 0 aromatic carbocycles. The molecular weight excluding hydrogens is 148 g/mol. The smallest absolute Gasteiger partial charge is 0.487 e. The van der Waals surface area contributed by atoms with Gasteiger partial charge in [-0.3, -0.25) is 4.84 Å². The summed E-state index contributed by atoms with van der Waals surface area (Å²) in [6, 6.07) is 1.46. The van der Waals surface area contributed by atoms with E-state index in [1.54, 1.807) is 0 Å². The first-order valence-electron chi connectivity index (χ1n) is 2.63. The van der Waals surface area contributed by atoms with Gasteiger partial charge in [0, 0.05) is 7.05 Å². The number of rotatable bonds is 2. The molecule has 11 heavy (non-hydrogen) atoms. The zero-order valence-corrected chi connectivity index (χ0v) is 6.14. The molecule has 0 saturated carbocycles. The average Bonchev–Trinajstić information content (AvgIpc) is 2.05. The zero-order valence-electron chi connectivity index (χ0n) is 6.14. The molecule has 0 heterocycles. The van der Waals surface area contributed by atoms with Gasteiger partial charge in [0.15, 0.2) is 4.98 Å². The second-order valence-electron chi connectivity index (χ2n) is 1.56. The molecule has 0 aliphatic carbocycles. The topological polar surface area (TPSA) is 84.6 Å². The summed E-state index contributed by atoms with van der Waals surface area (Å²) in [7, 11) is 2.65. The van der Waals surface area contributed by atoms with Gasteiger partial charge in [0.2, 0.25) is 11.5 Å². The lowest BCUT2D eigenvalue weighted by Gasteiger charge is -2.09. The first-order chi connectivity index (χ1) is 5.17. The molecule has 0 saturated heterocycles. The van der Waals surface area contributed by atoms with Crippen LogP contribution in [0.15, 0.2) is 11.6 Å². The summed E-state index contributed by atoms with van der Waals surface area (Å²) in [5.41, 5.74) is -0.505. The van der Waals surface area contributed by atoms with E-state index in [1.165, 1.54) is 20.2 Å². The van der Waals surface area contributed by atoms with Crippen LogP contribution in [0, 0.1) is 16.7 Å². The molecule has 0 rings (SSSR count). The fraction of sp³-hybridized carbons (Fsp3) is 0.400. The Morgan fingerprint density at radius 1 is 1.73 bits per heavy atom. The van der Waals surface area contributed by atoms with Crippen molar-refractivity contribution in [3.63, 3.8) is 0 Å². The maximum absolute atomic E-state index is 8.98. The SMILES string of the molecule is CON(C)/C(O)=C(/C#N)[N+]#N. The van der Waals surface area contributed by atoms with Gasteiger partial charge in [0.1, 0.15) is 0 Å². The van der Waals surface area contributed by atoms with E-state index in [4.69, 9.17) is 15.8 Å². The summed E-state index contributed by atoms with van der Waals surface area (Å²) in [4.78, 5) is 7.02. The molecule has 0 spiro atoms. The highest BCUT2D eigenvalue weighted by Gasteiger charge is 2.21. The number of nitriles is 1. The maximum atomic E-state index is 8.98. The van der Waals surface area contributed by atoms with Gasteiger partial charge in [-0.1, -0.05) is 0 Å². The van der Waals surface area contributed by atoms with Crippen molar-refractivity contribution in [1.82, 2.24) is 5.06 Å². The summed E-state index contributed by atoms with van der Waals surface area (Å²) in [6.07, 6.45) is 0. The van der Waals surface area contributed by atoms with Gasteiger partial charge in [-0.25, -0.2) is 5.06 Å². The highest BCUT2D eigenvalue weighted by Crippen LogP contribution is 2.05. The number of hydrogen-bond donors (Lipinski definition) is 1. The quantitative estimate of drug-likeness (QED) is 0.273. The van der Waals surface area contributed by atoms with Crippen LogP contribution in [0.25, 0.3) is 4.98 Å². The van der Waals surface area contributed by atoms with Gasteiger partial charge in [-0.15, -0.1) is 0 Å². The van der Waals surface area contributed by atoms with Crippen LogP contribution in [0.4, 0.5) is 0 Å². The third-order valence-electron chi connectivity index (χ3n) is 0.990. The van der Waals surface area contributed by atoms with Crippen molar-refractivity contribution in [3.8, 4) is 6.07 Å². The number of aliphatic hydroxyl groups is 1. The van der Waals surface area contributed by atoms with E-state index in [-0.39, 0.29) is 0 Å². The molecule has 0 fully saturated rings. The molecule has 0 aliphatic rings. The Morgan fingerprint density at radius 3 is 2.55 bits per heavy atom. The van der Waals surface area contributed by atoms with Crippen molar-refractivity contribution in [2.75, 3.05) is 14.2 Å². The predicted octanol–water partition coefficient (Wildman–Crippen LogP) is 0.583.